The summed E-state index contributed by atoms with van der Waals surface area (Å²) in [5.41, 5.74) is 2.11. The Morgan fingerprint density at radius 1 is 0.970 bits per heavy atom. The first kappa shape index (κ1) is 22.0. The fourth-order valence-corrected chi connectivity index (χ4v) is 5.83. The average molecular weight is 464 g/mol. The van der Waals surface area contributed by atoms with Gasteiger partial charge in [-0.3, -0.25) is 4.90 Å². The first-order valence-electron chi connectivity index (χ1n) is 11.5. The molecule has 2 heterocycles. The maximum atomic E-state index is 9.93. The molecule has 0 unspecified atom stereocenters. The molecule has 3 aromatic rings. The predicted octanol–water partition coefficient (Wildman–Crippen LogP) is 5.79. The van der Waals surface area contributed by atoms with Crippen molar-refractivity contribution < 1.29 is 19.7 Å². The number of hydrogen-bond donors (Lipinski definition) is 2. The molecule has 2 N–H and O–H groups in total. The SMILES string of the molecule is C[C@@H]1CCN(CCOc2ccc([C@@H]3Oc4ccc(O)cc4S[C@@H]3c3ccc(O)cc3)cc2)C1. The van der Waals surface area contributed by atoms with Gasteiger partial charge in [-0.15, -0.1) is 11.8 Å². The van der Waals surface area contributed by atoms with Crippen LogP contribution in [-0.2, 0) is 0 Å². The molecule has 0 aliphatic carbocycles. The van der Waals surface area contributed by atoms with Crippen LogP contribution in [0.15, 0.2) is 71.6 Å². The van der Waals surface area contributed by atoms with E-state index in [4.69, 9.17) is 9.47 Å². The molecule has 0 saturated carbocycles. The van der Waals surface area contributed by atoms with E-state index in [0.717, 1.165) is 53.1 Å². The first-order valence-corrected chi connectivity index (χ1v) is 12.3. The molecule has 0 spiro atoms. The number of fused-ring (bicyclic) bond motifs is 1. The van der Waals surface area contributed by atoms with Crippen LogP contribution in [0.3, 0.4) is 0 Å². The molecular formula is C27H29NO4S. The van der Waals surface area contributed by atoms with Gasteiger partial charge in [0.25, 0.3) is 0 Å². The third-order valence-corrected chi connectivity index (χ3v) is 7.67. The Labute approximate surface area is 199 Å². The predicted molar refractivity (Wildman–Crippen MR) is 130 cm³/mol. The van der Waals surface area contributed by atoms with Gasteiger partial charge in [-0.1, -0.05) is 31.2 Å². The first-order chi connectivity index (χ1) is 16.0. The molecule has 1 saturated heterocycles. The van der Waals surface area contributed by atoms with Gasteiger partial charge in [0.1, 0.15) is 35.7 Å². The lowest BCUT2D eigenvalue weighted by atomic mass is 10.00. The van der Waals surface area contributed by atoms with Gasteiger partial charge in [-0.2, -0.15) is 0 Å². The van der Waals surface area contributed by atoms with Crippen molar-refractivity contribution in [2.75, 3.05) is 26.2 Å². The fourth-order valence-electron chi connectivity index (χ4n) is 4.51. The average Bonchev–Trinajstić information content (AvgIpc) is 3.24. The van der Waals surface area contributed by atoms with E-state index in [-0.39, 0.29) is 22.9 Å². The molecule has 0 bridgehead atoms. The number of hydrogen-bond acceptors (Lipinski definition) is 6. The summed E-state index contributed by atoms with van der Waals surface area (Å²) in [4.78, 5) is 3.37. The fraction of sp³-hybridized carbons (Fsp3) is 0.333. The molecule has 0 amide bonds. The molecule has 2 aliphatic heterocycles. The van der Waals surface area contributed by atoms with Gasteiger partial charge in [-0.25, -0.2) is 0 Å². The highest BCUT2D eigenvalue weighted by Crippen LogP contribution is 2.54. The van der Waals surface area contributed by atoms with Crippen LogP contribution < -0.4 is 9.47 Å². The second-order valence-corrected chi connectivity index (χ2v) is 10.1. The van der Waals surface area contributed by atoms with E-state index in [2.05, 4.69) is 24.0 Å². The van der Waals surface area contributed by atoms with Crippen LogP contribution in [0.5, 0.6) is 23.0 Å². The Morgan fingerprint density at radius 3 is 2.42 bits per heavy atom. The van der Waals surface area contributed by atoms with Crippen LogP contribution in [0, 0.1) is 5.92 Å². The number of likely N-dealkylation sites (tertiary alicyclic amines) is 1. The zero-order valence-corrected chi connectivity index (χ0v) is 19.5. The summed E-state index contributed by atoms with van der Waals surface area (Å²) in [6.45, 7) is 6.28. The van der Waals surface area contributed by atoms with Gasteiger partial charge in [0.05, 0.1) is 10.1 Å². The van der Waals surface area contributed by atoms with Gasteiger partial charge < -0.3 is 19.7 Å². The summed E-state index contributed by atoms with van der Waals surface area (Å²) < 4.78 is 12.4. The summed E-state index contributed by atoms with van der Waals surface area (Å²) in [5, 5.41) is 19.6. The second-order valence-electron chi connectivity index (χ2n) is 8.91. The minimum absolute atomic E-state index is 0.0242. The summed E-state index contributed by atoms with van der Waals surface area (Å²) in [6.07, 6.45) is 1.07. The molecular weight excluding hydrogens is 434 g/mol. The Morgan fingerprint density at radius 2 is 1.70 bits per heavy atom. The number of phenolic OH excluding ortho intramolecular Hbond substituents is 2. The minimum Gasteiger partial charge on any atom is -0.508 e. The van der Waals surface area contributed by atoms with E-state index in [1.165, 1.54) is 6.42 Å². The van der Waals surface area contributed by atoms with E-state index < -0.39 is 0 Å². The molecule has 33 heavy (non-hydrogen) atoms. The highest BCUT2D eigenvalue weighted by molar-refractivity contribution is 7.99. The summed E-state index contributed by atoms with van der Waals surface area (Å²) in [7, 11) is 0. The van der Waals surface area contributed by atoms with Crippen molar-refractivity contribution in [1.29, 1.82) is 0 Å². The van der Waals surface area contributed by atoms with Crippen molar-refractivity contribution in [3.63, 3.8) is 0 Å². The largest absolute Gasteiger partial charge is 0.508 e. The number of thioether (sulfide) groups is 1. The van der Waals surface area contributed by atoms with Crippen LogP contribution in [-0.4, -0.2) is 41.4 Å². The lowest BCUT2D eigenvalue weighted by Crippen LogP contribution is -2.25. The smallest absolute Gasteiger partial charge is 0.140 e. The molecule has 2 aliphatic rings. The van der Waals surface area contributed by atoms with E-state index in [9.17, 15) is 10.2 Å². The Kier molecular flexibility index (Phi) is 6.38. The van der Waals surface area contributed by atoms with Crippen LogP contribution in [0.4, 0.5) is 0 Å². The Balaban J connectivity index is 1.32. The number of phenols is 2. The van der Waals surface area contributed by atoms with Crippen molar-refractivity contribution in [2.45, 2.75) is 29.6 Å². The standard InChI is InChI=1S/C27H29NO4S/c1-18-12-13-28(17-18)14-15-31-23-9-4-19(5-10-23)26-27(20-2-6-21(29)7-3-20)33-25-16-22(30)8-11-24(25)32-26/h2-11,16,18,26-27,29-30H,12-15,17H2,1H3/t18-,26+,27-/m1/s1. The normalized spacial score (nSPS) is 22.5. The number of rotatable bonds is 6. The van der Waals surface area contributed by atoms with Gasteiger partial charge in [0, 0.05) is 13.1 Å². The summed E-state index contributed by atoms with van der Waals surface area (Å²) in [6, 6.07) is 20.6. The molecule has 6 heteroatoms. The lowest BCUT2D eigenvalue weighted by Gasteiger charge is -2.34. The Bertz CT molecular complexity index is 1090. The minimum atomic E-state index is -0.211. The van der Waals surface area contributed by atoms with Crippen molar-refractivity contribution in [2.24, 2.45) is 5.92 Å². The maximum Gasteiger partial charge on any atom is 0.140 e. The molecule has 5 rings (SSSR count). The number of nitrogens with zero attached hydrogens (tertiary/aromatic N) is 1. The van der Waals surface area contributed by atoms with E-state index in [1.807, 2.05) is 30.3 Å². The molecule has 0 aromatic heterocycles. The molecule has 3 atom stereocenters. The molecule has 172 valence electrons. The van der Waals surface area contributed by atoms with Crippen LogP contribution in [0.1, 0.15) is 35.8 Å². The highest BCUT2D eigenvalue weighted by atomic mass is 32.2. The molecule has 0 radical (unpaired) electrons. The van der Waals surface area contributed by atoms with Crippen LogP contribution in [0.25, 0.3) is 0 Å². The van der Waals surface area contributed by atoms with Crippen molar-refractivity contribution in [3.05, 3.63) is 77.9 Å². The third kappa shape index (κ3) is 5.07. The zero-order chi connectivity index (χ0) is 22.8. The number of benzene rings is 3. The van der Waals surface area contributed by atoms with Gasteiger partial charge in [-0.05, 0) is 72.5 Å². The van der Waals surface area contributed by atoms with Gasteiger partial charge in [0.2, 0.25) is 0 Å². The highest BCUT2D eigenvalue weighted by Gasteiger charge is 2.33. The Hall–Kier alpha value is -2.83. The monoisotopic (exact) mass is 463 g/mol. The summed E-state index contributed by atoms with van der Waals surface area (Å²) in [5.74, 6) is 2.87. The van der Waals surface area contributed by atoms with E-state index in [0.29, 0.717) is 6.61 Å². The third-order valence-electron chi connectivity index (χ3n) is 6.32. The molecule has 3 aromatic carbocycles. The number of aromatic hydroxyl groups is 2. The van der Waals surface area contributed by atoms with Gasteiger partial charge >= 0.3 is 0 Å². The molecule has 5 nitrogen and oxygen atoms in total. The molecule has 1 fully saturated rings. The number of ether oxygens (including phenoxy) is 2. The summed E-state index contributed by atoms with van der Waals surface area (Å²) >= 11 is 1.66. The topological polar surface area (TPSA) is 62.2 Å². The van der Waals surface area contributed by atoms with Gasteiger partial charge in [0.15, 0.2) is 0 Å². The maximum absolute atomic E-state index is 9.93. The van der Waals surface area contributed by atoms with Crippen LogP contribution in [0.2, 0.25) is 0 Å². The van der Waals surface area contributed by atoms with Crippen LogP contribution >= 0.6 is 11.8 Å². The quantitative estimate of drug-likeness (QED) is 0.483. The van der Waals surface area contributed by atoms with E-state index >= 15 is 0 Å². The second kappa shape index (κ2) is 9.57. The zero-order valence-electron chi connectivity index (χ0n) is 18.7. The lowest BCUT2D eigenvalue weighted by molar-refractivity contribution is 0.190. The van der Waals surface area contributed by atoms with Crippen molar-refractivity contribution >= 4 is 11.8 Å². The van der Waals surface area contributed by atoms with Crippen molar-refractivity contribution in [1.82, 2.24) is 4.90 Å². The van der Waals surface area contributed by atoms with E-state index in [1.54, 1.807) is 36.0 Å². The van der Waals surface area contributed by atoms with Crippen molar-refractivity contribution in [3.8, 4) is 23.0 Å².